The van der Waals surface area contributed by atoms with Gasteiger partial charge in [-0.05, 0) is 23.3 Å². The van der Waals surface area contributed by atoms with E-state index in [1.54, 1.807) is 16.7 Å². The molecular weight excluding hydrogens is 360 g/mol. The van der Waals surface area contributed by atoms with E-state index >= 15 is 0 Å². The van der Waals surface area contributed by atoms with Gasteiger partial charge in [-0.3, -0.25) is 9.59 Å². The lowest BCUT2D eigenvalue weighted by Gasteiger charge is -2.26. The lowest BCUT2D eigenvalue weighted by molar-refractivity contribution is -0.130. The minimum atomic E-state index is -0.0315. The van der Waals surface area contributed by atoms with Crippen LogP contribution in [0.5, 0.6) is 0 Å². The molecule has 0 heterocycles. The second-order valence-electron chi connectivity index (χ2n) is 6.98. The van der Waals surface area contributed by atoms with E-state index in [2.05, 4.69) is 0 Å². The van der Waals surface area contributed by atoms with Crippen molar-refractivity contribution in [1.29, 1.82) is 0 Å². The van der Waals surface area contributed by atoms with Crippen LogP contribution in [-0.4, -0.2) is 23.3 Å². The second-order valence-corrected chi connectivity index (χ2v) is 6.98. The summed E-state index contributed by atoms with van der Waals surface area (Å²) in [5, 5.41) is 0. The summed E-state index contributed by atoms with van der Waals surface area (Å²) in [4.78, 5) is 28.7. The van der Waals surface area contributed by atoms with Gasteiger partial charge in [0.2, 0.25) is 11.8 Å². The molecule has 0 N–H and O–H groups in total. The number of hydrogen-bond donors (Lipinski definition) is 0. The van der Waals surface area contributed by atoms with Crippen LogP contribution in [0.25, 0.3) is 0 Å². The van der Waals surface area contributed by atoms with Gasteiger partial charge in [-0.1, -0.05) is 78.9 Å². The van der Waals surface area contributed by atoms with Crippen LogP contribution in [0.15, 0.2) is 91.0 Å². The van der Waals surface area contributed by atoms with E-state index in [0.29, 0.717) is 19.6 Å². The third-order valence-electron chi connectivity index (χ3n) is 4.81. The standard InChI is InChI=1S/C25H26N2O2/c1-21(28)26(19-22-11-5-2-6-12-22)18-17-25(29)27(24-15-9-4-10-16-24)20-23-13-7-3-8-14-23/h2-16H,17-20H2,1H3. The van der Waals surface area contributed by atoms with Crippen LogP contribution in [0.1, 0.15) is 24.5 Å². The lowest BCUT2D eigenvalue weighted by Crippen LogP contribution is -2.36. The zero-order valence-corrected chi connectivity index (χ0v) is 16.7. The molecular formula is C25H26N2O2. The van der Waals surface area contributed by atoms with E-state index in [0.717, 1.165) is 16.8 Å². The molecule has 0 aliphatic heterocycles. The molecule has 0 unspecified atom stereocenters. The summed E-state index contributed by atoms with van der Waals surface area (Å²) in [5.41, 5.74) is 2.98. The van der Waals surface area contributed by atoms with E-state index in [1.165, 1.54) is 0 Å². The van der Waals surface area contributed by atoms with Crippen molar-refractivity contribution < 1.29 is 9.59 Å². The number of carbonyl (C=O) groups is 2. The van der Waals surface area contributed by atoms with E-state index in [4.69, 9.17) is 0 Å². The zero-order valence-electron chi connectivity index (χ0n) is 16.7. The Balaban J connectivity index is 1.70. The molecule has 4 nitrogen and oxygen atoms in total. The Morgan fingerprint density at radius 2 is 1.17 bits per heavy atom. The van der Waals surface area contributed by atoms with Crippen molar-refractivity contribution in [2.24, 2.45) is 0 Å². The van der Waals surface area contributed by atoms with Gasteiger partial charge in [0.25, 0.3) is 0 Å². The third-order valence-corrected chi connectivity index (χ3v) is 4.81. The van der Waals surface area contributed by atoms with Crippen LogP contribution in [0, 0.1) is 0 Å². The maximum absolute atomic E-state index is 13.1. The van der Waals surface area contributed by atoms with Gasteiger partial charge in [-0.15, -0.1) is 0 Å². The van der Waals surface area contributed by atoms with Gasteiger partial charge in [0.1, 0.15) is 0 Å². The smallest absolute Gasteiger partial charge is 0.229 e. The van der Waals surface area contributed by atoms with Crippen molar-refractivity contribution in [2.45, 2.75) is 26.4 Å². The maximum atomic E-state index is 13.1. The van der Waals surface area contributed by atoms with Crippen LogP contribution in [0.2, 0.25) is 0 Å². The Morgan fingerprint density at radius 1 is 0.690 bits per heavy atom. The minimum Gasteiger partial charge on any atom is -0.338 e. The summed E-state index contributed by atoms with van der Waals surface area (Å²) < 4.78 is 0. The van der Waals surface area contributed by atoms with Gasteiger partial charge in [0.15, 0.2) is 0 Å². The molecule has 3 rings (SSSR count). The normalized spacial score (nSPS) is 10.4. The van der Waals surface area contributed by atoms with Gasteiger partial charge >= 0.3 is 0 Å². The molecule has 0 spiro atoms. The Labute approximate surface area is 172 Å². The zero-order chi connectivity index (χ0) is 20.5. The fourth-order valence-corrected chi connectivity index (χ4v) is 3.21. The summed E-state index contributed by atoms with van der Waals surface area (Å²) in [6, 6.07) is 29.4. The van der Waals surface area contributed by atoms with E-state index in [1.807, 2.05) is 91.0 Å². The summed E-state index contributed by atoms with van der Waals surface area (Å²) in [6.07, 6.45) is 0.272. The fraction of sp³-hybridized carbons (Fsp3) is 0.200. The predicted molar refractivity (Wildman–Crippen MR) is 116 cm³/mol. The van der Waals surface area contributed by atoms with Crippen LogP contribution < -0.4 is 4.90 Å². The highest BCUT2D eigenvalue weighted by Gasteiger charge is 2.18. The Hall–Kier alpha value is -3.40. The number of benzene rings is 3. The van der Waals surface area contributed by atoms with Gasteiger partial charge in [-0.25, -0.2) is 0 Å². The molecule has 0 radical (unpaired) electrons. The van der Waals surface area contributed by atoms with Crippen molar-refractivity contribution >= 4 is 17.5 Å². The maximum Gasteiger partial charge on any atom is 0.229 e. The van der Waals surface area contributed by atoms with Crippen molar-refractivity contribution in [1.82, 2.24) is 4.90 Å². The first-order valence-electron chi connectivity index (χ1n) is 9.82. The van der Waals surface area contributed by atoms with Gasteiger partial charge < -0.3 is 9.80 Å². The second kappa shape index (κ2) is 10.2. The van der Waals surface area contributed by atoms with Crippen molar-refractivity contribution in [3.8, 4) is 0 Å². The topological polar surface area (TPSA) is 40.6 Å². The molecule has 29 heavy (non-hydrogen) atoms. The van der Waals surface area contributed by atoms with Crippen molar-refractivity contribution in [3.05, 3.63) is 102 Å². The minimum absolute atomic E-state index is 0.000588. The molecule has 0 aliphatic carbocycles. The largest absolute Gasteiger partial charge is 0.338 e. The average Bonchev–Trinajstić information content (AvgIpc) is 2.76. The molecule has 3 aromatic rings. The van der Waals surface area contributed by atoms with Crippen LogP contribution >= 0.6 is 0 Å². The first kappa shape index (κ1) is 20.3. The van der Waals surface area contributed by atoms with Crippen LogP contribution in [0.3, 0.4) is 0 Å². The quantitative estimate of drug-likeness (QED) is 0.565. The first-order valence-corrected chi connectivity index (χ1v) is 9.82. The summed E-state index contributed by atoms with van der Waals surface area (Å²) in [7, 11) is 0. The molecule has 0 bridgehead atoms. The molecule has 0 saturated carbocycles. The molecule has 0 fully saturated rings. The molecule has 4 heteroatoms. The number of anilines is 1. The highest BCUT2D eigenvalue weighted by atomic mass is 16.2. The average molecular weight is 386 g/mol. The van der Waals surface area contributed by atoms with Crippen LogP contribution in [0.4, 0.5) is 5.69 Å². The SMILES string of the molecule is CC(=O)N(CCC(=O)N(Cc1ccccc1)c1ccccc1)Cc1ccccc1. The predicted octanol–water partition coefficient (Wildman–Crippen LogP) is 4.66. The third kappa shape index (κ3) is 6.04. The monoisotopic (exact) mass is 386 g/mol. The Morgan fingerprint density at radius 3 is 1.69 bits per heavy atom. The highest BCUT2D eigenvalue weighted by molar-refractivity contribution is 5.93. The molecule has 0 atom stereocenters. The Bertz CT molecular complexity index is 911. The summed E-state index contributed by atoms with van der Waals surface area (Å²) in [6.45, 7) is 2.95. The Kier molecular flexibility index (Phi) is 7.17. The first-order chi connectivity index (χ1) is 14.1. The lowest BCUT2D eigenvalue weighted by atomic mass is 10.1. The number of amides is 2. The molecule has 0 aromatic heterocycles. The fourth-order valence-electron chi connectivity index (χ4n) is 3.21. The van der Waals surface area contributed by atoms with E-state index < -0.39 is 0 Å². The number of nitrogens with zero attached hydrogens (tertiary/aromatic N) is 2. The molecule has 3 aromatic carbocycles. The number of hydrogen-bond acceptors (Lipinski definition) is 2. The summed E-state index contributed by atoms with van der Waals surface area (Å²) in [5.74, 6) is -0.0321. The van der Waals surface area contributed by atoms with Gasteiger partial charge in [0, 0.05) is 32.1 Å². The number of carbonyl (C=O) groups excluding carboxylic acids is 2. The number of para-hydroxylation sites is 1. The molecule has 2 amide bonds. The van der Waals surface area contributed by atoms with E-state index in [9.17, 15) is 9.59 Å². The van der Waals surface area contributed by atoms with Gasteiger partial charge in [0.05, 0.1) is 6.54 Å². The summed E-state index contributed by atoms with van der Waals surface area (Å²) >= 11 is 0. The van der Waals surface area contributed by atoms with E-state index in [-0.39, 0.29) is 18.2 Å². The van der Waals surface area contributed by atoms with Crippen molar-refractivity contribution in [3.63, 3.8) is 0 Å². The van der Waals surface area contributed by atoms with Gasteiger partial charge in [-0.2, -0.15) is 0 Å². The van der Waals surface area contributed by atoms with Crippen LogP contribution in [-0.2, 0) is 22.7 Å². The highest BCUT2D eigenvalue weighted by Crippen LogP contribution is 2.18. The van der Waals surface area contributed by atoms with Crippen molar-refractivity contribution in [2.75, 3.05) is 11.4 Å². The molecule has 148 valence electrons. The number of rotatable bonds is 8. The molecule has 0 aliphatic rings. The molecule has 0 saturated heterocycles.